The molecule has 0 amide bonds. The van der Waals surface area contributed by atoms with Crippen molar-refractivity contribution in [3.63, 3.8) is 0 Å². The van der Waals surface area contributed by atoms with E-state index in [1.165, 1.54) is 5.39 Å². The van der Waals surface area contributed by atoms with E-state index in [1.807, 2.05) is 51.1 Å². The Balaban J connectivity index is 1.60. The number of pyridine rings is 1. The van der Waals surface area contributed by atoms with Gasteiger partial charge in [-0.05, 0) is 60.9 Å². The first-order valence-electron chi connectivity index (χ1n) is 8.87. The summed E-state index contributed by atoms with van der Waals surface area (Å²) in [7, 11) is 0. The number of carbonyl (C=O) groups is 1. The van der Waals surface area contributed by atoms with Crippen LogP contribution in [-0.2, 0) is 15.1 Å². The molecule has 26 heavy (non-hydrogen) atoms. The first-order valence-corrected chi connectivity index (χ1v) is 8.87. The fourth-order valence-corrected chi connectivity index (χ4v) is 3.71. The maximum Gasteiger partial charge on any atom is 0.329 e. The van der Waals surface area contributed by atoms with E-state index in [0.29, 0.717) is 12.2 Å². The van der Waals surface area contributed by atoms with E-state index in [4.69, 9.17) is 4.74 Å². The zero-order valence-corrected chi connectivity index (χ0v) is 15.2. The van der Waals surface area contributed by atoms with Gasteiger partial charge in [0.2, 0.25) is 0 Å². The van der Waals surface area contributed by atoms with Gasteiger partial charge < -0.3 is 10.1 Å². The second kappa shape index (κ2) is 6.13. The summed E-state index contributed by atoms with van der Waals surface area (Å²) in [4.78, 5) is 17.0. The molecule has 1 fully saturated rings. The number of esters is 1. The molecule has 0 spiro atoms. The number of aryl methyl sites for hydroxylation is 2. The first-order chi connectivity index (χ1) is 12.4. The number of carbonyl (C=O) groups excluding carboxylic acids is 1. The number of anilines is 1. The molecule has 4 rings (SSSR count). The van der Waals surface area contributed by atoms with Gasteiger partial charge >= 0.3 is 5.97 Å². The van der Waals surface area contributed by atoms with Gasteiger partial charge in [-0.3, -0.25) is 0 Å². The molecular weight excluding hydrogens is 324 g/mol. The van der Waals surface area contributed by atoms with Crippen LogP contribution in [0.4, 0.5) is 5.82 Å². The molecule has 132 valence electrons. The molecule has 2 atom stereocenters. The molecule has 1 saturated heterocycles. The Hall–Kier alpha value is -2.88. The summed E-state index contributed by atoms with van der Waals surface area (Å²) in [6.07, 6.45) is 0.568. The van der Waals surface area contributed by atoms with E-state index in [-0.39, 0.29) is 5.97 Å². The van der Waals surface area contributed by atoms with Gasteiger partial charge in [-0.2, -0.15) is 0 Å². The average Bonchev–Trinajstić information content (AvgIpc) is 2.88. The maximum atomic E-state index is 12.5. The smallest absolute Gasteiger partial charge is 0.329 e. The summed E-state index contributed by atoms with van der Waals surface area (Å²) >= 11 is 0. The number of rotatable bonds is 3. The van der Waals surface area contributed by atoms with E-state index >= 15 is 0 Å². The van der Waals surface area contributed by atoms with Crippen LogP contribution in [-0.4, -0.2) is 17.0 Å². The summed E-state index contributed by atoms with van der Waals surface area (Å²) in [5, 5.41) is 5.58. The zero-order chi connectivity index (χ0) is 18.3. The van der Waals surface area contributed by atoms with Gasteiger partial charge in [-0.25, -0.2) is 9.78 Å². The number of cyclic esters (lactones) is 1. The Bertz CT molecular complexity index is 978. The van der Waals surface area contributed by atoms with Crippen LogP contribution >= 0.6 is 0 Å². The first kappa shape index (κ1) is 16.6. The van der Waals surface area contributed by atoms with Gasteiger partial charge in [-0.15, -0.1) is 0 Å². The Labute approximate surface area is 153 Å². The highest BCUT2D eigenvalue weighted by atomic mass is 16.6. The molecule has 1 aromatic heterocycles. The number of ether oxygens (including phenoxy) is 1. The Morgan fingerprint density at radius 3 is 2.62 bits per heavy atom. The molecule has 1 N–H and O–H groups in total. The van der Waals surface area contributed by atoms with Crippen molar-refractivity contribution in [1.29, 1.82) is 0 Å². The van der Waals surface area contributed by atoms with Crippen LogP contribution in [0.2, 0.25) is 0 Å². The van der Waals surface area contributed by atoms with Crippen LogP contribution in [0, 0.1) is 13.8 Å². The van der Waals surface area contributed by atoms with Crippen LogP contribution < -0.4 is 5.32 Å². The van der Waals surface area contributed by atoms with Crippen LogP contribution in [0.5, 0.6) is 0 Å². The molecule has 0 saturated carbocycles. The lowest BCUT2D eigenvalue weighted by molar-refractivity contribution is -0.148. The van der Waals surface area contributed by atoms with E-state index in [0.717, 1.165) is 22.2 Å². The van der Waals surface area contributed by atoms with Gasteiger partial charge in [0.25, 0.3) is 0 Å². The topological polar surface area (TPSA) is 51.2 Å². The van der Waals surface area contributed by atoms with Gasteiger partial charge in [0.15, 0.2) is 0 Å². The summed E-state index contributed by atoms with van der Waals surface area (Å²) in [5.41, 5.74) is 2.42. The maximum absolute atomic E-state index is 12.5. The van der Waals surface area contributed by atoms with Crippen molar-refractivity contribution in [2.75, 3.05) is 5.32 Å². The predicted octanol–water partition coefficient (Wildman–Crippen LogP) is 4.49. The lowest BCUT2D eigenvalue weighted by Gasteiger charge is -2.23. The molecule has 2 heterocycles. The fraction of sp³-hybridized carbons (Fsp3) is 0.273. The second-order valence-electron chi connectivity index (χ2n) is 7.29. The lowest BCUT2D eigenvalue weighted by Crippen LogP contribution is -2.25. The summed E-state index contributed by atoms with van der Waals surface area (Å²) in [5.74, 6) is 0.480. The molecular formula is C22H22N2O2. The minimum absolute atomic E-state index is 0.235. The van der Waals surface area contributed by atoms with Crippen LogP contribution in [0.25, 0.3) is 10.8 Å². The highest BCUT2D eigenvalue weighted by molar-refractivity contribution is 5.85. The number of fused-ring (bicyclic) bond motifs is 1. The van der Waals surface area contributed by atoms with Gasteiger partial charge in [-0.1, -0.05) is 36.4 Å². The lowest BCUT2D eigenvalue weighted by atomic mass is 9.90. The Kier molecular flexibility index (Phi) is 3.91. The SMILES string of the molecule is Cc1cc(C)nc(NC2CC(C)(c3ccc4ccccc4c3)OC2=O)c1. The molecule has 0 aliphatic carbocycles. The van der Waals surface area contributed by atoms with Crippen molar-refractivity contribution in [2.24, 2.45) is 0 Å². The third kappa shape index (κ3) is 3.03. The van der Waals surface area contributed by atoms with Gasteiger partial charge in [0.1, 0.15) is 17.5 Å². The summed E-state index contributed by atoms with van der Waals surface area (Å²) < 4.78 is 5.80. The van der Waals surface area contributed by atoms with Gasteiger partial charge in [0, 0.05) is 12.1 Å². The minimum Gasteiger partial charge on any atom is -0.453 e. The Morgan fingerprint density at radius 2 is 1.85 bits per heavy atom. The van der Waals surface area contributed by atoms with E-state index in [1.54, 1.807) is 0 Å². The van der Waals surface area contributed by atoms with E-state index in [2.05, 4.69) is 34.6 Å². The normalized spacial score (nSPS) is 22.4. The quantitative estimate of drug-likeness (QED) is 0.710. The van der Waals surface area contributed by atoms with Crippen molar-refractivity contribution in [2.45, 2.75) is 38.8 Å². The van der Waals surface area contributed by atoms with Crippen LogP contribution in [0.3, 0.4) is 0 Å². The number of nitrogens with zero attached hydrogens (tertiary/aromatic N) is 1. The van der Waals surface area contributed by atoms with Gasteiger partial charge in [0.05, 0.1) is 0 Å². The van der Waals surface area contributed by atoms with Crippen molar-refractivity contribution < 1.29 is 9.53 Å². The second-order valence-corrected chi connectivity index (χ2v) is 7.29. The largest absolute Gasteiger partial charge is 0.453 e. The Morgan fingerprint density at radius 1 is 1.08 bits per heavy atom. The number of hydrogen-bond donors (Lipinski definition) is 1. The fourth-order valence-electron chi connectivity index (χ4n) is 3.71. The van der Waals surface area contributed by atoms with Crippen molar-refractivity contribution >= 4 is 22.6 Å². The van der Waals surface area contributed by atoms with Crippen LogP contribution in [0.15, 0.2) is 54.6 Å². The number of hydrogen-bond acceptors (Lipinski definition) is 4. The van der Waals surface area contributed by atoms with E-state index in [9.17, 15) is 4.79 Å². The molecule has 1 aliphatic heterocycles. The zero-order valence-electron chi connectivity index (χ0n) is 15.2. The van der Waals surface area contributed by atoms with Crippen molar-refractivity contribution in [1.82, 2.24) is 4.98 Å². The standard InChI is InChI=1S/C22H22N2O2/c1-14-10-15(2)23-20(11-14)24-19-13-22(3,26-21(19)25)18-9-8-16-6-4-5-7-17(16)12-18/h4-12,19H,13H2,1-3H3,(H,23,24). The predicted molar refractivity (Wildman–Crippen MR) is 103 cm³/mol. The monoisotopic (exact) mass is 346 g/mol. The highest BCUT2D eigenvalue weighted by Gasteiger charge is 2.44. The summed E-state index contributed by atoms with van der Waals surface area (Å²) in [6.45, 7) is 5.95. The molecule has 4 nitrogen and oxygen atoms in total. The molecule has 0 radical (unpaired) electrons. The number of nitrogens with one attached hydrogen (secondary N) is 1. The summed E-state index contributed by atoms with van der Waals surface area (Å²) in [6, 6.07) is 18.0. The van der Waals surface area contributed by atoms with E-state index < -0.39 is 11.6 Å². The highest BCUT2D eigenvalue weighted by Crippen LogP contribution is 2.38. The third-order valence-corrected chi connectivity index (χ3v) is 4.98. The molecule has 4 heteroatoms. The number of aromatic nitrogens is 1. The third-order valence-electron chi connectivity index (χ3n) is 4.98. The molecule has 0 bridgehead atoms. The van der Waals surface area contributed by atoms with Crippen molar-refractivity contribution in [3.8, 4) is 0 Å². The van der Waals surface area contributed by atoms with Crippen molar-refractivity contribution in [3.05, 3.63) is 71.4 Å². The van der Waals surface area contributed by atoms with Crippen LogP contribution in [0.1, 0.15) is 30.2 Å². The molecule has 2 unspecified atom stereocenters. The molecule has 1 aliphatic rings. The molecule has 3 aromatic rings. The minimum atomic E-state index is -0.641. The molecule has 2 aromatic carbocycles. The average molecular weight is 346 g/mol. The number of benzene rings is 2.